The molecule has 3 heterocycles. The van der Waals surface area contributed by atoms with Crippen LogP contribution in [0.2, 0.25) is 5.02 Å². The Hall–Kier alpha value is -2.41. The number of halogens is 2. The Balaban J connectivity index is 1.02. The van der Waals surface area contributed by atoms with Gasteiger partial charge in [0.2, 0.25) is 11.9 Å². The summed E-state index contributed by atoms with van der Waals surface area (Å²) < 4.78 is 20.4. The number of benzene rings is 1. The van der Waals surface area contributed by atoms with Gasteiger partial charge in [0.25, 0.3) is 0 Å². The molecule has 0 bridgehead atoms. The third-order valence-electron chi connectivity index (χ3n) is 7.59. The molecular formula is C26H32ClFN4O2. The predicted octanol–water partition coefficient (Wildman–Crippen LogP) is 4.76. The topological polar surface area (TPSA) is 58.6 Å². The van der Waals surface area contributed by atoms with Crippen LogP contribution in [-0.4, -0.2) is 53.6 Å². The lowest BCUT2D eigenvalue weighted by molar-refractivity contribution is -0.129. The van der Waals surface area contributed by atoms with E-state index in [-0.39, 0.29) is 18.1 Å². The number of hydrogen-bond acceptors (Lipinski definition) is 5. The largest absolute Gasteiger partial charge is 0.493 e. The van der Waals surface area contributed by atoms with Crippen LogP contribution in [0.15, 0.2) is 30.6 Å². The molecule has 2 unspecified atom stereocenters. The van der Waals surface area contributed by atoms with Crippen molar-refractivity contribution in [2.24, 2.45) is 17.8 Å². The van der Waals surface area contributed by atoms with Gasteiger partial charge in [0.15, 0.2) is 0 Å². The van der Waals surface area contributed by atoms with Crippen molar-refractivity contribution >= 4 is 23.5 Å². The number of rotatable bonds is 8. The fourth-order valence-corrected chi connectivity index (χ4v) is 5.60. The molecule has 0 radical (unpaired) electrons. The van der Waals surface area contributed by atoms with Gasteiger partial charge in [-0.05, 0) is 67.9 Å². The zero-order valence-corrected chi connectivity index (χ0v) is 20.2. The van der Waals surface area contributed by atoms with Crippen LogP contribution >= 0.6 is 11.6 Å². The maximum atomic E-state index is 14.5. The van der Waals surface area contributed by atoms with Crippen molar-refractivity contribution in [2.75, 3.05) is 37.7 Å². The number of ether oxygens (including phenoxy) is 1. The standard InChI is InChI=1S/C26H32ClFN4O2/c27-21-16-29-26(30-17-21)32-10-5-18(6-11-32)23-13-19(23)7-12-34-22-4-3-20(24(28)15-22)14-25(33)31-8-1-2-9-31/h3-4,15-19,23H,1-2,5-14H2. The van der Waals surface area contributed by atoms with Crippen LogP contribution in [0, 0.1) is 23.6 Å². The maximum Gasteiger partial charge on any atom is 0.227 e. The Bertz CT molecular complexity index is 991. The highest BCUT2D eigenvalue weighted by Crippen LogP contribution is 2.49. The highest BCUT2D eigenvalue weighted by atomic mass is 35.5. The van der Waals surface area contributed by atoms with Crippen molar-refractivity contribution in [3.8, 4) is 5.75 Å². The summed E-state index contributed by atoms with van der Waals surface area (Å²) in [6.07, 6.45) is 10.1. The lowest BCUT2D eigenvalue weighted by atomic mass is 9.90. The van der Waals surface area contributed by atoms with Gasteiger partial charge >= 0.3 is 0 Å². The van der Waals surface area contributed by atoms with Crippen LogP contribution in [-0.2, 0) is 11.2 Å². The monoisotopic (exact) mass is 486 g/mol. The third kappa shape index (κ3) is 5.62. The highest BCUT2D eigenvalue weighted by Gasteiger charge is 2.43. The van der Waals surface area contributed by atoms with E-state index in [0.29, 0.717) is 28.9 Å². The summed E-state index contributed by atoms with van der Waals surface area (Å²) in [4.78, 5) is 25.0. The van der Waals surface area contributed by atoms with E-state index in [1.807, 2.05) is 4.90 Å². The lowest BCUT2D eigenvalue weighted by Crippen LogP contribution is -2.35. The minimum atomic E-state index is -0.356. The van der Waals surface area contributed by atoms with E-state index >= 15 is 0 Å². The molecule has 3 fully saturated rings. The van der Waals surface area contributed by atoms with Gasteiger partial charge in [-0.25, -0.2) is 14.4 Å². The molecule has 1 aliphatic carbocycles. The van der Waals surface area contributed by atoms with E-state index in [4.69, 9.17) is 16.3 Å². The second kappa shape index (κ2) is 10.5. The van der Waals surface area contributed by atoms with Crippen molar-refractivity contribution in [1.29, 1.82) is 0 Å². The number of piperidine rings is 1. The van der Waals surface area contributed by atoms with Gasteiger partial charge in [0.1, 0.15) is 11.6 Å². The molecular weight excluding hydrogens is 455 g/mol. The zero-order valence-electron chi connectivity index (χ0n) is 19.5. The quantitative estimate of drug-likeness (QED) is 0.538. The number of anilines is 1. The first-order valence-corrected chi connectivity index (χ1v) is 12.9. The first-order chi connectivity index (χ1) is 16.6. The summed E-state index contributed by atoms with van der Waals surface area (Å²) in [7, 11) is 0. The number of nitrogens with zero attached hydrogens (tertiary/aromatic N) is 4. The van der Waals surface area contributed by atoms with Crippen molar-refractivity contribution in [3.05, 3.63) is 47.0 Å². The van der Waals surface area contributed by atoms with Crippen molar-refractivity contribution < 1.29 is 13.9 Å². The van der Waals surface area contributed by atoms with Gasteiger partial charge < -0.3 is 14.5 Å². The van der Waals surface area contributed by atoms with E-state index in [1.165, 1.54) is 12.5 Å². The summed E-state index contributed by atoms with van der Waals surface area (Å²) in [5, 5.41) is 0.563. The number of aromatic nitrogens is 2. The van der Waals surface area contributed by atoms with Crippen LogP contribution in [0.1, 0.15) is 44.1 Å². The average molecular weight is 487 g/mol. The first kappa shape index (κ1) is 23.3. The van der Waals surface area contributed by atoms with E-state index in [2.05, 4.69) is 14.9 Å². The van der Waals surface area contributed by atoms with Crippen LogP contribution in [0.5, 0.6) is 5.75 Å². The second-order valence-corrected chi connectivity index (χ2v) is 10.3. The van der Waals surface area contributed by atoms with Crippen LogP contribution in [0.25, 0.3) is 0 Å². The molecule has 2 aliphatic heterocycles. The number of carbonyl (C=O) groups is 1. The molecule has 6 nitrogen and oxygen atoms in total. The Labute approximate surface area is 205 Å². The van der Waals surface area contributed by atoms with Gasteiger partial charge in [-0.15, -0.1) is 0 Å². The summed E-state index contributed by atoms with van der Waals surface area (Å²) in [6, 6.07) is 4.90. The molecule has 3 aliphatic rings. The van der Waals surface area contributed by atoms with E-state index in [1.54, 1.807) is 24.5 Å². The third-order valence-corrected chi connectivity index (χ3v) is 7.79. The number of amides is 1. The molecule has 8 heteroatoms. The summed E-state index contributed by atoms with van der Waals surface area (Å²) in [6.45, 7) is 4.15. The molecule has 34 heavy (non-hydrogen) atoms. The van der Waals surface area contributed by atoms with E-state index in [0.717, 1.165) is 76.1 Å². The predicted molar refractivity (Wildman–Crippen MR) is 130 cm³/mol. The molecule has 182 valence electrons. The SMILES string of the molecule is O=C(Cc1ccc(OCCC2CC2C2CCN(c3ncc(Cl)cn3)CC2)cc1F)N1CCCC1. The minimum Gasteiger partial charge on any atom is -0.493 e. The molecule has 1 amide bonds. The average Bonchev–Trinajstić information content (AvgIpc) is 3.39. The second-order valence-electron chi connectivity index (χ2n) is 9.84. The van der Waals surface area contributed by atoms with Crippen LogP contribution in [0.3, 0.4) is 0 Å². The Morgan fingerprint density at radius 2 is 1.85 bits per heavy atom. The molecule has 2 atom stereocenters. The fourth-order valence-electron chi connectivity index (χ4n) is 5.51. The lowest BCUT2D eigenvalue weighted by Gasteiger charge is -2.32. The number of likely N-dealkylation sites (tertiary alicyclic amines) is 1. The maximum absolute atomic E-state index is 14.5. The summed E-state index contributed by atoms with van der Waals surface area (Å²) >= 11 is 5.89. The number of carbonyl (C=O) groups excluding carboxylic acids is 1. The van der Waals surface area contributed by atoms with Crippen molar-refractivity contribution in [1.82, 2.24) is 14.9 Å². The van der Waals surface area contributed by atoms with Crippen molar-refractivity contribution in [3.63, 3.8) is 0 Å². The summed E-state index contributed by atoms with van der Waals surface area (Å²) in [5.74, 6) is 3.18. The van der Waals surface area contributed by atoms with Gasteiger partial charge in [0, 0.05) is 32.2 Å². The normalized spacial score (nSPS) is 22.8. The molecule has 2 saturated heterocycles. The molecule has 2 aromatic rings. The molecule has 1 aromatic carbocycles. The minimum absolute atomic E-state index is 0.0105. The van der Waals surface area contributed by atoms with E-state index < -0.39 is 0 Å². The van der Waals surface area contributed by atoms with Crippen molar-refractivity contribution in [2.45, 2.75) is 44.9 Å². The van der Waals surface area contributed by atoms with Gasteiger partial charge in [0.05, 0.1) is 30.4 Å². The van der Waals surface area contributed by atoms with Gasteiger partial charge in [-0.2, -0.15) is 0 Å². The number of hydrogen-bond donors (Lipinski definition) is 0. The smallest absolute Gasteiger partial charge is 0.227 e. The Morgan fingerprint density at radius 1 is 1.12 bits per heavy atom. The van der Waals surface area contributed by atoms with Crippen LogP contribution < -0.4 is 9.64 Å². The Kier molecular flexibility index (Phi) is 7.18. The van der Waals surface area contributed by atoms with E-state index in [9.17, 15) is 9.18 Å². The summed E-state index contributed by atoms with van der Waals surface area (Å²) in [5.41, 5.74) is 0.446. The van der Waals surface area contributed by atoms with Gasteiger partial charge in [-0.3, -0.25) is 4.79 Å². The van der Waals surface area contributed by atoms with Crippen LogP contribution in [0.4, 0.5) is 10.3 Å². The Morgan fingerprint density at radius 3 is 2.56 bits per heavy atom. The molecule has 0 spiro atoms. The van der Waals surface area contributed by atoms with Gasteiger partial charge in [-0.1, -0.05) is 17.7 Å². The fraction of sp³-hybridized carbons (Fsp3) is 0.577. The highest BCUT2D eigenvalue weighted by molar-refractivity contribution is 6.30. The molecule has 5 rings (SSSR count). The first-order valence-electron chi connectivity index (χ1n) is 12.5. The molecule has 0 N–H and O–H groups in total. The zero-order chi connectivity index (χ0) is 23.5. The molecule has 1 saturated carbocycles. The molecule has 1 aromatic heterocycles.